The Morgan fingerprint density at radius 3 is 1.22 bits per heavy atom. The number of isothiocyanates is 1. The molecule has 0 saturated heterocycles. The zero-order valence-corrected chi connectivity index (χ0v) is 12.8. The van der Waals surface area contributed by atoms with Crippen molar-refractivity contribution in [2.45, 2.75) is 77.0 Å². The van der Waals surface area contributed by atoms with Gasteiger partial charge in [-0.1, -0.05) is 77.0 Å². The van der Waals surface area contributed by atoms with Gasteiger partial charge in [0.15, 0.2) is 0 Å². The molecule has 0 unspecified atom stereocenters. The van der Waals surface area contributed by atoms with Crippen LogP contribution in [0.3, 0.4) is 0 Å². The van der Waals surface area contributed by atoms with Gasteiger partial charge in [-0.3, -0.25) is 0 Å². The molecule has 0 aliphatic heterocycles. The van der Waals surface area contributed by atoms with Crippen LogP contribution in [0.2, 0.25) is 0 Å². The molecule has 0 heterocycles. The molecule has 0 aromatic rings. The zero-order valence-electron chi connectivity index (χ0n) is 12.0. The fourth-order valence-corrected chi connectivity index (χ4v) is 3.56. The first-order chi connectivity index (χ1) is 8.88. The SMILES string of the molecule is C1CCCC(C2CCCCCC2)CC1.CN=C=S. The van der Waals surface area contributed by atoms with Crippen molar-refractivity contribution >= 4 is 17.4 Å². The maximum atomic E-state index is 4.14. The number of hydrogen-bond acceptors (Lipinski definition) is 2. The maximum absolute atomic E-state index is 4.14. The van der Waals surface area contributed by atoms with Crippen molar-refractivity contribution in [2.75, 3.05) is 7.05 Å². The highest BCUT2D eigenvalue weighted by Crippen LogP contribution is 2.36. The molecule has 2 aliphatic carbocycles. The first kappa shape index (κ1) is 15.9. The van der Waals surface area contributed by atoms with Crippen LogP contribution in [0.15, 0.2) is 4.99 Å². The van der Waals surface area contributed by atoms with Crippen LogP contribution in [0.4, 0.5) is 0 Å². The van der Waals surface area contributed by atoms with Gasteiger partial charge in [-0.25, -0.2) is 4.99 Å². The number of hydrogen-bond donors (Lipinski definition) is 0. The van der Waals surface area contributed by atoms with Crippen LogP contribution in [-0.4, -0.2) is 12.2 Å². The van der Waals surface area contributed by atoms with E-state index in [0.717, 1.165) is 11.8 Å². The van der Waals surface area contributed by atoms with Gasteiger partial charge in [0.05, 0.1) is 5.16 Å². The molecule has 0 aromatic carbocycles. The summed E-state index contributed by atoms with van der Waals surface area (Å²) in [5, 5.41) is 2.14. The molecule has 2 fully saturated rings. The Balaban J connectivity index is 0.000000357. The minimum Gasteiger partial charge on any atom is -0.236 e. The van der Waals surface area contributed by atoms with Gasteiger partial charge in [-0.05, 0) is 24.1 Å². The molecule has 0 spiro atoms. The van der Waals surface area contributed by atoms with E-state index in [0.29, 0.717) is 0 Å². The average molecular weight is 267 g/mol. The summed E-state index contributed by atoms with van der Waals surface area (Å²) in [6.07, 6.45) is 18.4. The molecular weight excluding hydrogens is 238 g/mol. The standard InChI is InChI=1S/C14H26.C2H3NS/c1-2-6-10-13(9-5-1)14-11-7-3-4-8-12-14;1-3-2-4/h13-14H,1-12H2;1H3. The van der Waals surface area contributed by atoms with Crippen molar-refractivity contribution in [1.29, 1.82) is 0 Å². The van der Waals surface area contributed by atoms with Gasteiger partial charge in [0, 0.05) is 7.05 Å². The molecule has 1 nitrogen and oxygen atoms in total. The predicted octanol–water partition coefficient (Wildman–Crippen LogP) is 5.65. The van der Waals surface area contributed by atoms with E-state index >= 15 is 0 Å². The van der Waals surface area contributed by atoms with Gasteiger partial charge in [0.2, 0.25) is 0 Å². The average Bonchev–Trinajstić information content (AvgIpc) is 2.83. The molecule has 0 atom stereocenters. The third-order valence-corrected chi connectivity index (χ3v) is 4.74. The summed E-state index contributed by atoms with van der Waals surface area (Å²) in [7, 11) is 1.59. The quantitative estimate of drug-likeness (QED) is 0.340. The Labute approximate surface area is 118 Å². The normalized spacial score (nSPS) is 22.9. The van der Waals surface area contributed by atoms with E-state index in [4.69, 9.17) is 0 Å². The Hall–Kier alpha value is -0.200. The van der Waals surface area contributed by atoms with E-state index in [1.54, 1.807) is 32.7 Å². The van der Waals surface area contributed by atoms with E-state index in [1.807, 2.05) is 0 Å². The lowest BCUT2D eigenvalue weighted by Gasteiger charge is -2.24. The molecule has 2 aliphatic rings. The van der Waals surface area contributed by atoms with Crippen molar-refractivity contribution in [3.8, 4) is 0 Å². The fourth-order valence-electron chi connectivity index (χ4n) is 3.56. The van der Waals surface area contributed by atoms with Crippen LogP contribution < -0.4 is 0 Å². The van der Waals surface area contributed by atoms with Crippen molar-refractivity contribution in [2.24, 2.45) is 16.8 Å². The Bertz CT molecular complexity index is 211. The van der Waals surface area contributed by atoms with Crippen molar-refractivity contribution in [3.63, 3.8) is 0 Å². The summed E-state index contributed by atoms with van der Waals surface area (Å²) in [5.41, 5.74) is 0. The number of thiocarbonyl (C=S) groups is 1. The van der Waals surface area contributed by atoms with Crippen molar-refractivity contribution < 1.29 is 0 Å². The molecule has 0 N–H and O–H groups in total. The van der Waals surface area contributed by atoms with Crippen LogP contribution in [-0.2, 0) is 0 Å². The van der Waals surface area contributed by atoms with E-state index in [1.165, 1.54) is 51.4 Å². The summed E-state index contributed by atoms with van der Waals surface area (Å²) in [5.74, 6) is 2.24. The Morgan fingerprint density at radius 1 is 0.722 bits per heavy atom. The molecular formula is C16H29NS. The Morgan fingerprint density at radius 2 is 1.00 bits per heavy atom. The molecule has 0 radical (unpaired) electrons. The highest BCUT2D eigenvalue weighted by molar-refractivity contribution is 7.78. The highest BCUT2D eigenvalue weighted by Gasteiger charge is 2.23. The van der Waals surface area contributed by atoms with Crippen LogP contribution in [0.1, 0.15) is 77.0 Å². The molecule has 2 rings (SSSR count). The van der Waals surface area contributed by atoms with E-state index < -0.39 is 0 Å². The minimum absolute atomic E-state index is 1.12. The summed E-state index contributed by atoms with van der Waals surface area (Å²) in [6, 6.07) is 0. The summed E-state index contributed by atoms with van der Waals surface area (Å²) in [6.45, 7) is 0. The van der Waals surface area contributed by atoms with Crippen LogP contribution in [0.25, 0.3) is 0 Å². The number of nitrogens with zero attached hydrogens (tertiary/aromatic N) is 1. The van der Waals surface area contributed by atoms with Crippen molar-refractivity contribution in [1.82, 2.24) is 0 Å². The van der Waals surface area contributed by atoms with Gasteiger partial charge in [-0.15, -0.1) is 0 Å². The van der Waals surface area contributed by atoms with Crippen LogP contribution >= 0.6 is 12.2 Å². The third-order valence-electron chi connectivity index (χ3n) is 4.56. The van der Waals surface area contributed by atoms with Crippen molar-refractivity contribution in [3.05, 3.63) is 0 Å². The lowest BCUT2D eigenvalue weighted by Crippen LogP contribution is -2.13. The third kappa shape index (κ3) is 6.66. The van der Waals surface area contributed by atoms with Gasteiger partial charge in [-0.2, -0.15) is 0 Å². The topological polar surface area (TPSA) is 12.4 Å². The molecule has 2 saturated carbocycles. The second-order valence-electron chi connectivity index (χ2n) is 5.82. The molecule has 2 heteroatoms. The van der Waals surface area contributed by atoms with E-state index in [2.05, 4.69) is 22.4 Å². The lowest BCUT2D eigenvalue weighted by molar-refractivity contribution is 0.269. The summed E-state index contributed by atoms with van der Waals surface area (Å²) >= 11 is 4.14. The molecule has 0 bridgehead atoms. The van der Waals surface area contributed by atoms with Gasteiger partial charge >= 0.3 is 0 Å². The Kier molecular flexibility index (Phi) is 9.42. The molecule has 18 heavy (non-hydrogen) atoms. The summed E-state index contributed by atoms with van der Waals surface area (Å²) in [4.78, 5) is 3.30. The molecule has 0 aromatic heterocycles. The predicted molar refractivity (Wildman–Crippen MR) is 83.3 cm³/mol. The van der Waals surface area contributed by atoms with Crippen LogP contribution in [0.5, 0.6) is 0 Å². The molecule has 104 valence electrons. The van der Waals surface area contributed by atoms with E-state index in [9.17, 15) is 0 Å². The number of aliphatic imine (C=N–C) groups is 1. The van der Waals surface area contributed by atoms with Gasteiger partial charge < -0.3 is 0 Å². The first-order valence-corrected chi connectivity index (χ1v) is 8.25. The van der Waals surface area contributed by atoms with Gasteiger partial charge in [0.1, 0.15) is 0 Å². The van der Waals surface area contributed by atoms with Gasteiger partial charge in [0.25, 0.3) is 0 Å². The smallest absolute Gasteiger partial charge is 0.0582 e. The summed E-state index contributed by atoms with van der Waals surface area (Å²) < 4.78 is 0. The minimum atomic E-state index is 1.12. The highest BCUT2D eigenvalue weighted by atomic mass is 32.1. The van der Waals surface area contributed by atoms with Crippen LogP contribution in [0, 0.1) is 11.8 Å². The second-order valence-corrected chi connectivity index (χ2v) is 6.00. The second kappa shape index (κ2) is 10.7. The molecule has 0 amide bonds. The lowest BCUT2D eigenvalue weighted by atomic mass is 9.81. The first-order valence-electron chi connectivity index (χ1n) is 7.84. The largest absolute Gasteiger partial charge is 0.236 e. The zero-order chi connectivity index (χ0) is 13.1. The number of rotatable bonds is 1. The van der Waals surface area contributed by atoms with E-state index in [-0.39, 0.29) is 0 Å². The maximum Gasteiger partial charge on any atom is 0.0582 e. The monoisotopic (exact) mass is 267 g/mol. The fraction of sp³-hybridized carbons (Fsp3) is 0.938.